The van der Waals surface area contributed by atoms with Crippen LogP contribution in [0.1, 0.15) is 15.9 Å². The number of ether oxygens (including phenoxy) is 1. The molecule has 0 atom stereocenters. The molecule has 0 aliphatic heterocycles. The Labute approximate surface area is 148 Å². The number of aromatic amines is 1. The third-order valence-electron chi connectivity index (χ3n) is 3.76. The highest BCUT2D eigenvalue weighted by molar-refractivity contribution is 14.1. The van der Waals surface area contributed by atoms with Crippen LogP contribution in [0.5, 0.6) is 5.75 Å². The summed E-state index contributed by atoms with van der Waals surface area (Å²) in [5, 5.41) is 3.97. The van der Waals surface area contributed by atoms with E-state index in [1.165, 1.54) is 5.56 Å². The lowest BCUT2D eigenvalue weighted by molar-refractivity contribution is 0.0956. The highest BCUT2D eigenvalue weighted by atomic mass is 127. The number of carbonyl (C=O) groups is 1. The van der Waals surface area contributed by atoms with Gasteiger partial charge in [0.15, 0.2) is 0 Å². The second-order valence-electron chi connectivity index (χ2n) is 5.22. The van der Waals surface area contributed by atoms with Gasteiger partial charge in [0.1, 0.15) is 5.75 Å². The molecule has 0 spiro atoms. The normalized spacial score (nSPS) is 10.7. The van der Waals surface area contributed by atoms with E-state index in [9.17, 15) is 4.79 Å². The quantitative estimate of drug-likeness (QED) is 0.618. The zero-order valence-electron chi connectivity index (χ0n) is 12.7. The van der Waals surface area contributed by atoms with Crippen molar-refractivity contribution in [1.29, 1.82) is 0 Å². The third kappa shape index (κ3) is 3.50. The number of H-pyrrole nitrogens is 1. The Balaban J connectivity index is 1.64. The summed E-state index contributed by atoms with van der Waals surface area (Å²) in [5.41, 5.74) is 2.84. The molecule has 2 aromatic carbocycles. The van der Waals surface area contributed by atoms with E-state index >= 15 is 0 Å². The molecule has 0 saturated carbocycles. The molecule has 1 amide bonds. The first kappa shape index (κ1) is 15.9. The van der Waals surface area contributed by atoms with Gasteiger partial charge >= 0.3 is 0 Å². The number of aromatic nitrogens is 1. The second-order valence-corrected chi connectivity index (χ2v) is 6.38. The van der Waals surface area contributed by atoms with Crippen LogP contribution >= 0.6 is 22.6 Å². The number of hydrogen-bond donors (Lipinski definition) is 2. The standard InChI is InChI=1S/C18H17IN2O2/c1-23-13-7-5-12(6-8-13)9-10-20-18(22)14-11-21-16-4-2-3-15(19)17(14)16/h2-8,11,21H,9-10H2,1H3,(H,20,22). The maximum atomic E-state index is 12.4. The van der Waals surface area contributed by atoms with Crippen molar-refractivity contribution >= 4 is 39.4 Å². The molecule has 1 aromatic heterocycles. The fourth-order valence-electron chi connectivity index (χ4n) is 2.53. The Morgan fingerprint density at radius 3 is 2.74 bits per heavy atom. The van der Waals surface area contributed by atoms with Crippen LogP contribution in [-0.2, 0) is 6.42 Å². The molecule has 3 aromatic rings. The zero-order valence-corrected chi connectivity index (χ0v) is 14.9. The molecule has 4 nitrogen and oxygen atoms in total. The van der Waals surface area contributed by atoms with E-state index in [0.29, 0.717) is 12.1 Å². The fraction of sp³-hybridized carbons (Fsp3) is 0.167. The minimum absolute atomic E-state index is 0.0473. The Morgan fingerprint density at radius 1 is 1.22 bits per heavy atom. The number of benzene rings is 2. The van der Waals surface area contributed by atoms with E-state index < -0.39 is 0 Å². The van der Waals surface area contributed by atoms with E-state index in [2.05, 4.69) is 32.9 Å². The molecular formula is C18H17IN2O2. The summed E-state index contributed by atoms with van der Waals surface area (Å²) < 4.78 is 6.21. The summed E-state index contributed by atoms with van der Waals surface area (Å²) in [4.78, 5) is 15.6. The molecule has 3 rings (SSSR count). The number of carbonyl (C=O) groups excluding carboxylic acids is 1. The summed E-state index contributed by atoms with van der Waals surface area (Å²) >= 11 is 2.26. The molecule has 0 aliphatic carbocycles. The van der Waals surface area contributed by atoms with Crippen LogP contribution in [0.4, 0.5) is 0 Å². The summed E-state index contributed by atoms with van der Waals surface area (Å²) in [6.07, 6.45) is 2.56. The van der Waals surface area contributed by atoms with Crippen LogP contribution < -0.4 is 10.1 Å². The van der Waals surface area contributed by atoms with Gasteiger partial charge in [-0.3, -0.25) is 4.79 Å². The van der Waals surface area contributed by atoms with Crippen molar-refractivity contribution in [3.05, 3.63) is 63.4 Å². The van der Waals surface area contributed by atoms with Gasteiger partial charge in [0.05, 0.1) is 12.7 Å². The lowest BCUT2D eigenvalue weighted by Crippen LogP contribution is -2.25. The van der Waals surface area contributed by atoms with Crippen LogP contribution in [0, 0.1) is 3.57 Å². The van der Waals surface area contributed by atoms with Crippen molar-refractivity contribution < 1.29 is 9.53 Å². The lowest BCUT2D eigenvalue weighted by Gasteiger charge is -2.06. The first-order valence-corrected chi connectivity index (χ1v) is 8.43. The molecule has 0 aliphatic rings. The van der Waals surface area contributed by atoms with Crippen molar-refractivity contribution in [2.75, 3.05) is 13.7 Å². The Bertz CT molecular complexity index is 825. The zero-order chi connectivity index (χ0) is 16.2. The van der Waals surface area contributed by atoms with Crippen molar-refractivity contribution in [2.24, 2.45) is 0 Å². The molecule has 2 N–H and O–H groups in total. The number of nitrogens with one attached hydrogen (secondary N) is 2. The van der Waals surface area contributed by atoms with Gasteiger partial charge in [-0.15, -0.1) is 0 Å². The highest BCUT2D eigenvalue weighted by Crippen LogP contribution is 2.23. The van der Waals surface area contributed by atoms with E-state index in [1.807, 2.05) is 42.5 Å². The SMILES string of the molecule is COc1ccc(CCNC(=O)c2c[nH]c3cccc(I)c23)cc1. The molecule has 1 heterocycles. The maximum Gasteiger partial charge on any atom is 0.253 e. The van der Waals surface area contributed by atoms with Gasteiger partial charge in [-0.2, -0.15) is 0 Å². The van der Waals surface area contributed by atoms with E-state index in [0.717, 1.165) is 26.6 Å². The first-order valence-electron chi connectivity index (χ1n) is 7.36. The molecule has 0 radical (unpaired) electrons. The molecular weight excluding hydrogens is 403 g/mol. The van der Waals surface area contributed by atoms with Crippen LogP contribution in [-0.4, -0.2) is 24.5 Å². The number of methoxy groups -OCH3 is 1. The average molecular weight is 420 g/mol. The van der Waals surface area contributed by atoms with E-state index in [-0.39, 0.29) is 5.91 Å². The fourth-order valence-corrected chi connectivity index (χ4v) is 3.32. The summed E-state index contributed by atoms with van der Waals surface area (Å²) in [6, 6.07) is 13.8. The van der Waals surface area contributed by atoms with Crippen LogP contribution in [0.2, 0.25) is 0 Å². The molecule has 0 fully saturated rings. The van der Waals surface area contributed by atoms with Crippen LogP contribution in [0.3, 0.4) is 0 Å². The molecule has 23 heavy (non-hydrogen) atoms. The molecule has 0 saturated heterocycles. The van der Waals surface area contributed by atoms with Crippen molar-refractivity contribution in [3.63, 3.8) is 0 Å². The minimum Gasteiger partial charge on any atom is -0.497 e. The maximum absolute atomic E-state index is 12.4. The predicted molar refractivity (Wildman–Crippen MR) is 100 cm³/mol. The number of hydrogen-bond acceptors (Lipinski definition) is 2. The Kier molecular flexibility index (Phi) is 4.85. The monoisotopic (exact) mass is 420 g/mol. The van der Waals surface area contributed by atoms with E-state index in [1.54, 1.807) is 13.3 Å². The third-order valence-corrected chi connectivity index (χ3v) is 4.66. The Morgan fingerprint density at radius 2 is 2.00 bits per heavy atom. The smallest absolute Gasteiger partial charge is 0.253 e. The topological polar surface area (TPSA) is 54.1 Å². The number of halogens is 1. The van der Waals surface area contributed by atoms with Gasteiger partial charge < -0.3 is 15.0 Å². The average Bonchev–Trinajstić information content (AvgIpc) is 3.01. The van der Waals surface area contributed by atoms with Gasteiger partial charge in [0.2, 0.25) is 0 Å². The molecule has 118 valence electrons. The summed E-state index contributed by atoms with van der Waals surface area (Å²) in [7, 11) is 1.65. The highest BCUT2D eigenvalue weighted by Gasteiger charge is 2.13. The predicted octanol–water partition coefficient (Wildman–Crippen LogP) is 3.75. The van der Waals surface area contributed by atoms with Crippen molar-refractivity contribution in [2.45, 2.75) is 6.42 Å². The second kappa shape index (κ2) is 7.04. The number of fused-ring (bicyclic) bond motifs is 1. The van der Waals surface area contributed by atoms with Crippen molar-refractivity contribution in [1.82, 2.24) is 10.3 Å². The largest absolute Gasteiger partial charge is 0.497 e. The van der Waals surface area contributed by atoms with Crippen molar-refractivity contribution in [3.8, 4) is 5.75 Å². The van der Waals surface area contributed by atoms with E-state index in [4.69, 9.17) is 4.74 Å². The summed E-state index contributed by atoms with van der Waals surface area (Å²) in [6.45, 7) is 0.598. The first-order chi connectivity index (χ1) is 11.2. The molecule has 0 bridgehead atoms. The number of rotatable bonds is 5. The summed E-state index contributed by atoms with van der Waals surface area (Å²) in [5.74, 6) is 0.792. The number of amides is 1. The molecule has 5 heteroatoms. The van der Waals surface area contributed by atoms with Gasteiger partial charge in [-0.25, -0.2) is 0 Å². The van der Waals surface area contributed by atoms with Gasteiger partial charge in [-0.1, -0.05) is 18.2 Å². The van der Waals surface area contributed by atoms with Crippen LogP contribution in [0.15, 0.2) is 48.7 Å². The van der Waals surface area contributed by atoms with Gasteiger partial charge in [0, 0.05) is 27.2 Å². The lowest BCUT2D eigenvalue weighted by atomic mass is 10.1. The van der Waals surface area contributed by atoms with Gasteiger partial charge in [-0.05, 0) is 58.8 Å². The van der Waals surface area contributed by atoms with Gasteiger partial charge in [0.25, 0.3) is 5.91 Å². The minimum atomic E-state index is -0.0473. The van der Waals surface area contributed by atoms with Crippen LogP contribution in [0.25, 0.3) is 10.9 Å². The Hall–Kier alpha value is -2.02. The molecule has 0 unspecified atom stereocenters.